The molecule has 1 amide bonds. The van der Waals surface area contributed by atoms with Crippen LogP contribution in [0.4, 0.5) is 5.69 Å². The third-order valence-electron chi connectivity index (χ3n) is 4.28. The Morgan fingerprint density at radius 2 is 2.17 bits per heavy atom. The second kappa shape index (κ2) is 6.38. The first kappa shape index (κ1) is 16.1. The molecule has 1 aliphatic carbocycles. The van der Waals surface area contributed by atoms with Crippen molar-refractivity contribution < 1.29 is 14.3 Å². The van der Waals surface area contributed by atoms with Gasteiger partial charge in [0.2, 0.25) is 5.91 Å². The van der Waals surface area contributed by atoms with Gasteiger partial charge in [0.25, 0.3) is 0 Å². The number of amides is 1. The molecule has 0 saturated heterocycles. The third-order valence-corrected chi connectivity index (χ3v) is 4.28. The molecular weight excluding hydrogens is 310 g/mol. The molecule has 1 saturated carbocycles. The van der Waals surface area contributed by atoms with E-state index in [2.05, 4.69) is 20.8 Å². The van der Waals surface area contributed by atoms with E-state index >= 15 is 0 Å². The van der Waals surface area contributed by atoms with E-state index < -0.39 is 11.4 Å². The van der Waals surface area contributed by atoms with Crippen LogP contribution in [0.3, 0.4) is 0 Å². The van der Waals surface area contributed by atoms with Gasteiger partial charge >= 0.3 is 5.97 Å². The summed E-state index contributed by atoms with van der Waals surface area (Å²) in [6.45, 7) is 3.79. The van der Waals surface area contributed by atoms with Crippen molar-refractivity contribution in [1.82, 2.24) is 20.2 Å². The molecule has 1 aromatic heterocycles. The Bertz CT molecular complexity index is 767. The van der Waals surface area contributed by atoms with Gasteiger partial charge in [0.15, 0.2) is 5.82 Å². The van der Waals surface area contributed by atoms with Gasteiger partial charge in [0.05, 0.1) is 12.3 Å². The molecule has 0 spiro atoms. The van der Waals surface area contributed by atoms with Gasteiger partial charge < -0.3 is 10.1 Å². The Balaban J connectivity index is 1.80. The van der Waals surface area contributed by atoms with Crippen LogP contribution in [0, 0.1) is 12.3 Å². The molecule has 2 aromatic rings. The minimum absolute atomic E-state index is 0.266. The fraction of sp³-hybridized carbons (Fsp3) is 0.438. The van der Waals surface area contributed by atoms with Crippen molar-refractivity contribution in [3.8, 4) is 5.69 Å². The average Bonchev–Trinajstić information content (AvgIpc) is 2.93. The second-order valence-electron chi connectivity index (χ2n) is 5.80. The summed E-state index contributed by atoms with van der Waals surface area (Å²) in [5.41, 5.74) is 0.258. The monoisotopic (exact) mass is 329 g/mol. The van der Waals surface area contributed by atoms with Crippen LogP contribution < -0.4 is 5.32 Å². The quantitative estimate of drug-likeness (QED) is 0.661. The van der Waals surface area contributed by atoms with Crippen LogP contribution in [0.5, 0.6) is 0 Å². The van der Waals surface area contributed by atoms with E-state index in [1.54, 1.807) is 36.7 Å². The molecule has 1 aromatic carbocycles. The van der Waals surface area contributed by atoms with Crippen molar-refractivity contribution in [3.63, 3.8) is 0 Å². The molecule has 24 heavy (non-hydrogen) atoms. The number of carbonyl (C=O) groups is 2. The molecule has 1 heterocycles. The number of rotatable bonds is 5. The molecule has 0 unspecified atom stereocenters. The number of aryl methyl sites for hydroxylation is 1. The Kier molecular flexibility index (Phi) is 4.28. The summed E-state index contributed by atoms with van der Waals surface area (Å²) in [6.07, 6.45) is 1.88. The summed E-state index contributed by atoms with van der Waals surface area (Å²) in [5.74, 6) is -0.125. The molecule has 8 nitrogen and oxygen atoms in total. The minimum atomic E-state index is -1.06. The highest BCUT2D eigenvalue weighted by Crippen LogP contribution is 2.43. The molecule has 0 bridgehead atoms. The van der Waals surface area contributed by atoms with Crippen molar-refractivity contribution in [2.75, 3.05) is 11.9 Å². The first-order valence-electron chi connectivity index (χ1n) is 7.91. The van der Waals surface area contributed by atoms with E-state index in [9.17, 15) is 9.59 Å². The van der Waals surface area contributed by atoms with Crippen molar-refractivity contribution >= 4 is 17.6 Å². The van der Waals surface area contributed by atoms with Crippen LogP contribution in [-0.4, -0.2) is 38.7 Å². The summed E-state index contributed by atoms with van der Waals surface area (Å²) in [5, 5.41) is 14.2. The number of tetrazole rings is 1. The lowest BCUT2D eigenvalue weighted by Gasteiger charge is -2.37. The normalized spacial score (nSPS) is 15.4. The fourth-order valence-corrected chi connectivity index (χ4v) is 2.76. The van der Waals surface area contributed by atoms with Gasteiger partial charge in [-0.05, 0) is 55.3 Å². The lowest BCUT2D eigenvalue weighted by atomic mass is 9.68. The summed E-state index contributed by atoms with van der Waals surface area (Å²) < 4.78 is 6.65. The van der Waals surface area contributed by atoms with E-state index in [0.717, 1.165) is 12.1 Å². The molecule has 0 atom stereocenters. The highest BCUT2D eigenvalue weighted by molar-refractivity contribution is 6.09. The second-order valence-corrected chi connectivity index (χ2v) is 5.80. The number of ether oxygens (including phenoxy) is 1. The van der Waals surface area contributed by atoms with E-state index in [1.807, 2.05) is 6.07 Å². The largest absolute Gasteiger partial charge is 0.465 e. The number of anilines is 1. The standard InChI is InChI=1S/C16H19N5O3/c1-3-24-15(23)16(8-5-9-16)14(22)17-12-6-4-7-13(10-12)21-11(2)18-19-20-21/h4,6-7,10H,3,5,8-9H2,1-2H3,(H,17,22). The van der Waals surface area contributed by atoms with Gasteiger partial charge in [-0.2, -0.15) is 4.68 Å². The first-order valence-corrected chi connectivity index (χ1v) is 7.91. The average molecular weight is 329 g/mol. The zero-order valence-corrected chi connectivity index (χ0v) is 13.7. The van der Waals surface area contributed by atoms with Gasteiger partial charge in [-0.3, -0.25) is 9.59 Å². The van der Waals surface area contributed by atoms with E-state index in [1.165, 1.54) is 0 Å². The highest BCUT2D eigenvalue weighted by Gasteiger charge is 2.52. The predicted molar refractivity (Wildman–Crippen MR) is 85.4 cm³/mol. The number of aromatic nitrogens is 4. The van der Waals surface area contributed by atoms with E-state index in [-0.39, 0.29) is 12.5 Å². The molecule has 1 N–H and O–H groups in total. The maximum Gasteiger partial charge on any atom is 0.321 e. The maximum absolute atomic E-state index is 12.6. The lowest BCUT2D eigenvalue weighted by Crippen LogP contribution is -2.49. The van der Waals surface area contributed by atoms with Crippen LogP contribution in [0.15, 0.2) is 24.3 Å². The fourth-order valence-electron chi connectivity index (χ4n) is 2.76. The van der Waals surface area contributed by atoms with Gasteiger partial charge in [0.1, 0.15) is 5.41 Å². The van der Waals surface area contributed by atoms with Crippen LogP contribution in [0.2, 0.25) is 0 Å². The number of carbonyl (C=O) groups excluding carboxylic acids is 2. The molecule has 1 fully saturated rings. The van der Waals surface area contributed by atoms with Gasteiger partial charge in [-0.25, -0.2) is 0 Å². The minimum Gasteiger partial charge on any atom is -0.465 e. The summed E-state index contributed by atoms with van der Waals surface area (Å²) in [6, 6.07) is 7.16. The number of nitrogens with zero attached hydrogens (tertiary/aromatic N) is 4. The van der Waals surface area contributed by atoms with Crippen molar-refractivity contribution in [2.45, 2.75) is 33.1 Å². The van der Waals surface area contributed by atoms with E-state index in [0.29, 0.717) is 24.4 Å². The number of hydrogen-bond donors (Lipinski definition) is 1. The van der Waals surface area contributed by atoms with Crippen LogP contribution in [0.1, 0.15) is 32.0 Å². The number of hydrogen-bond acceptors (Lipinski definition) is 6. The predicted octanol–water partition coefficient (Wildman–Crippen LogP) is 1.64. The zero-order valence-electron chi connectivity index (χ0n) is 13.7. The smallest absolute Gasteiger partial charge is 0.321 e. The summed E-state index contributed by atoms with van der Waals surface area (Å²) >= 11 is 0. The molecule has 8 heteroatoms. The Labute approximate surface area is 139 Å². The number of esters is 1. The van der Waals surface area contributed by atoms with E-state index in [4.69, 9.17) is 4.74 Å². The summed E-state index contributed by atoms with van der Waals surface area (Å²) in [7, 11) is 0. The lowest BCUT2D eigenvalue weighted by molar-refractivity contribution is -0.165. The Morgan fingerprint density at radius 3 is 2.75 bits per heavy atom. The maximum atomic E-state index is 12.6. The zero-order chi connectivity index (χ0) is 17.2. The van der Waals surface area contributed by atoms with Gasteiger partial charge in [-0.1, -0.05) is 12.5 Å². The molecule has 1 aliphatic rings. The molecular formula is C16H19N5O3. The van der Waals surface area contributed by atoms with Crippen molar-refractivity contribution in [1.29, 1.82) is 0 Å². The highest BCUT2D eigenvalue weighted by atomic mass is 16.5. The van der Waals surface area contributed by atoms with Crippen LogP contribution in [-0.2, 0) is 14.3 Å². The summed E-state index contributed by atoms with van der Waals surface area (Å²) in [4.78, 5) is 24.8. The SMILES string of the molecule is CCOC(=O)C1(C(=O)Nc2cccc(-n3nnnc3C)c2)CCC1. The Hall–Kier alpha value is -2.77. The third kappa shape index (κ3) is 2.75. The van der Waals surface area contributed by atoms with Crippen LogP contribution >= 0.6 is 0 Å². The Morgan fingerprint density at radius 1 is 1.38 bits per heavy atom. The van der Waals surface area contributed by atoms with Crippen molar-refractivity contribution in [2.24, 2.45) is 5.41 Å². The van der Waals surface area contributed by atoms with Crippen molar-refractivity contribution in [3.05, 3.63) is 30.1 Å². The molecule has 126 valence electrons. The van der Waals surface area contributed by atoms with Crippen LogP contribution in [0.25, 0.3) is 5.69 Å². The molecule has 3 rings (SSSR count). The van der Waals surface area contributed by atoms with Gasteiger partial charge in [0, 0.05) is 5.69 Å². The molecule has 0 radical (unpaired) electrons. The number of nitrogens with one attached hydrogen (secondary N) is 1. The van der Waals surface area contributed by atoms with Gasteiger partial charge in [-0.15, -0.1) is 5.10 Å². The topological polar surface area (TPSA) is 99.0 Å². The first-order chi connectivity index (χ1) is 11.6. The molecule has 0 aliphatic heterocycles. The number of benzene rings is 1.